The molecule has 24 heavy (non-hydrogen) atoms. The van der Waals surface area contributed by atoms with Gasteiger partial charge in [-0.25, -0.2) is 0 Å². The van der Waals surface area contributed by atoms with E-state index in [1.54, 1.807) is 36.4 Å². The monoisotopic (exact) mass is 365 g/mol. The van der Waals surface area contributed by atoms with Crippen LogP contribution in [0.4, 0.5) is 5.69 Å². The predicted molar refractivity (Wildman–Crippen MR) is 89.2 cm³/mol. The molecule has 2 aromatic rings. The summed E-state index contributed by atoms with van der Waals surface area (Å²) in [4.78, 5) is 37.5. The number of ether oxygens (including phenoxy) is 1. The molecule has 3 rings (SSSR count). The van der Waals surface area contributed by atoms with Crippen molar-refractivity contribution in [3.05, 3.63) is 45.6 Å². The summed E-state index contributed by atoms with van der Waals surface area (Å²) >= 11 is 6.85. The van der Waals surface area contributed by atoms with Crippen molar-refractivity contribution in [3.63, 3.8) is 0 Å². The van der Waals surface area contributed by atoms with Crippen LogP contribution in [-0.2, 0) is 9.59 Å². The second-order valence-electron chi connectivity index (χ2n) is 4.84. The first-order valence-electron chi connectivity index (χ1n) is 6.91. The van der Waals surface area contributed by atoms with E-state index in [0.717, 1.165) is 11.3 Å². The molecule has 0 saturated heterocycles. The van der Waals surface area contributed by atoms with E-state index in [-0.39, 0.29) is 19.1 Å². The van der Waals surface area contributed by atoms with E-state index in [9.17, 15) is 14.4 Å². The summed E-state index contributed by atoms with van der Waals surface area (Å²) in [7, 11) is 0. The highest BCUT2D eigenvalue weighted by molar-refractivity contribution is 7.17. The molecule has 9 heteroatoms. The lowest BCUT2D eigenvalue weighted by molar-refractivity contribution is -0.125. The van der Waals surface area contributed by atoms with E-state index in [4.69, 9.17) is 16.3 Å². The first kappa shape index (κ1) is 16.3. The number of halogens is 1. The minimum absolute atomic E-state index is 0.135. The number of amides is 3. The Morgan fingerprint density at radius 3 is 2.75 bits per heavy atom. The van der Waals surface area contributed by atoms with Crippen LogP contribution in [0.25, 0.3) is 0 Å². The van der Waals surface area contributed by atoms with Crippen LogP contribution in [-0.4, -0.2) is 30.9 Å². The van der Waals surface area contributed by atoms with E-state index in [1.807, 2.05) is 0 Å². The van der Waals surface area contributed by atoms with Crippen LogP contribution in [0.5, 0.6) is 5.75 Å². The van der Waals surface area contributed by atoms with Gasteiger partial charge in [-0.1, -0.05) is 23.7 Å². The van der Waals surface area contributed by atoms with Gasteiger partial charge in [0.25, 0.3) is 17.7 Å². The zero-order valence-electron chi connectivity index (χ0n) is 12.2. The molecule has 1 aromatic carbocycles. The first-order chi connectivity index (χ1) is 11.5. The lowest BCUT2D eigenvalue weighted by Crippen LogP contribution is -2.49. The molecule has 0 bridgehead atoms. The normalized spacial score (nSPS) is 13.0. The lowest BCUT2D eigenvalue weighted by Gasteiger charge is -2.28. The van der Waals surface area contributed by atoms with Crippen molar-refractivity contribution in [3.8, 4) is 5.75 Å². The Morgan fingerprint density at radius 1 is 1.21 bits per heavy atom. The number of anilines is 1. The Morgan fingerprint density at radius 2 is 2.00 bits per heavy atom. The van der Waals surface area contributed by atoms with Gasteiger partial charge in [0.15, 0.2) is 6.61 Å². The summed E-state index contributed by atoms with van der Waals surface area (Å²) in [5.41, 5.74) is 5.08. The van der Waals surface area contributed by atoms with Gasteiger partial charge >= 0.3 is 0 Å². The highest BCUT2D eigenvalue weighted by atomic mass is 35.5. The smallest absolute Gasteiger partial charge is 0.279 e. The molecule has 2 heterocycles. The number of hydrogen-bond acceptors (Lipinski definition) is 5. The number of carbonyl (C=O) groups excluding carboxylic acids is 3. The number of rotatable bonds is 3. The average molecular weight is 366 g/mol. The molecule has 0 unspecified atom stereocenters. The molecule has 3 amide bonds. The maximum Gasteiger partial charge on any atom is 0.279 e. The third kappa shape index (κ3) is 3.50. The average Bonchev–Trinajstić information content (AvgIpc) is 3.02. The van der Waals surface area contributed by atoms with Gasteiger partial charge in [-0.05, 0) is 24.3 Å². The quantitative estimate of drug-likeness (QED) is 0.808. The molecule has 1 aliphatic heterocycles. The van der Waals surface area contributed by atoms with Gasteiger partial charge < -0.3 is 4.74 Å². The second kappa shape index (κ2) is 6.90. The molecule has 0 spiro atoms. The molecule has 2 N–H and O–H groups in total. The number of para-hydroxylation sites is 2. The van der Waals surface area contributed by atoms with Crippen molar-refractivity contribution in [1.82, 2.24) is 10.9 Å². The fraction of sp³-hybridized carbons (Fsp3) is 0.133. The van der Waals surface area contributed by atoms with Crippen molar-refractivity contribution in [2.45, 2.75) is 0 Å². The zero-order valence-corrected chi connectivity index (χ0v) is 13.8. The lowest BCUT2D eigenvalue weighted by atomic mass is 10.2. The minimum Gasteiger partial charge on any atom is -0.482 e. The highest BCUT2D eigenvalue weighted by Crippen LogP contribution is 2.31. The molecule has 124 valence electrons. The van der Waals surface area contributed by atoms with Crippen LogP contribution in [0.2, 0.25) is 4.34 Å². The van der Waals surface area contributed by atoms with E-state index >= 15 is 0 Å². The number of hydrazine groups is 1. The number of nitrogens with one attached hydrogen (secondary N) is 2. The summed E-state index contributed by atoms with van der Waals surface area (Å²) in [6, 6.07) is 10.1. The molecule has 0 radical (unpaired) electrons. The molecule has 0 saturated carbocycles. The number of benzene rings is 1. The molecule has 1 aromatic heterocycles. The van der Waals surface area contributed by atoms with Crippen molar-refractivity contribution in [2.75, 3.05) is 18.1 Å². The van der Waals surface area contributed by atoms with Gasteiger partial charge in [-0.15, -0.1) is 11.3 Å². The van der Waals surface area contributed by atoms with Crippen LogP contribution in [0.15, 0.2) is 36.4 Å². The maximum absolute atomic E-state index is 12.0. The number of thiophene rings is 1. The number of carbonyl (C=O) groups is 3. The van der Waals surface area contributed by atoms with Crippen LogP contribution < -0.4 is 20.5 Å². The molecule has 0 fully saturated rings. The molecule has 1 aliphatic rings. The zero-order chi connectivity index (χ0) is 17.1. The number of nitrogens with zero attached hydrogens (tertiary/aromatic N) is 1. The van der Waals surface area contributed by atoms with Gasteiger partial charge in [0.2, 0.25) is 0 Å². The Labute approximate surface area is 146 Å². The summed E-state index contributed by atoms with van der Waals surface area (Å²) in [6.45, 7) is -0.366. The second-order valence-corrected chi connectivity index (χ2v) is 6.56. The first-order valence-corrected chi connectivity index (χ1v) is 8.11. The molecule has 7 nitrogen and oxygen atoms in total. The van der Waals surface area contributed by atoms with Crippen molar-refractivity contribution >= 4 is 46.3 Å². The molecular weight excluding hydrogens is 354 g/mol. The van der Waals surface area contributed by atoms with Crippen LogP contribution in [0, 0.1) is 0 Å². The third-order valence-corrected chi connectivity index (χ3v) is 4.45. The Bertz CT molecular complexity index is 808. The van der Waals surface area contributed by atoms with E-state index in [0.29, 0.717) is 20.7 Å². The van der Waals surface area contributed by atoms with E-state index < -0.39 is 11.8 Å². The van der Waals surface area contributed by atoms with Gasteiger partial charge in [0, 0.05) is 0 Å². The fourth-order valence-electron chi connectivity index (χ4n) is 2.13. The van der Waals surface area contributed by atoms with Gasteiger partial charge in [0.05, 0.1) is 14.9 Å². The van der Waals surface area contributed by atoms with Crippen molar-refractivity contribution in [2.24, 2.45) is 0 Å². The maximum atomic E-state index is 12.0. The number of fused-ring (bicyclic) bond motifs is 1. The van der Waals surface area contributed by atoms with Gasteiger partial charge in [-0.3, -0.25) is 30.1 Å². The van der Waals surface area contributed by atoms with Crippen molar-refractivity contribution in [1.29, 1.82) is 0 Å². The largest absolute Gasteiger partial charge is 0.482 e. The van der Waals surface area contributed by atoms with Gasteiger partial charge in [-0.2, -0.15) is 0 Å². The Kier molecular flexibility index (Phi) is 4.68. The third-order valence-electron chi connectivity index (χ3n) is 3.22. The fourth-order valence-corrected chi connectivity index (χ4v) is 3.07. The summed E-state index contributed by atoms with van der Waals surface area (Å²) in [6.07, 6.45) is 0. The predicted octanol–water partition coefficient (Wildman–Crippen LogP) is 1.59. The van der Waals surface area contributed by atoms with Gasteiger partial charge in [0.1, 0.15) is 12.3 Å². The summed E-state index contributed by atoms with van der Waals surface area (Å²) in [5, 5.41) is 0. The minimum atomic E-state index is -0.531. The van der Waals surface area contributed by atoms with Crippen LogP contribution >= 0.6 is 22.9 Å². The summed E-state index contributed by atoms with van der Waals surface area (Å²) < 4.78 is 5.78. The molecule has 0 aliphatic carbocycles. The SMILES string of the molecule is O=C(CN1C(=O)COc2ccccc21)NNC(=O)c1ccc(Cl)s1. The molecular formula is C15H12ClN3O4S. The van der Waals surface area contributed by atoms with Crippen molar-refractivity contribution < 1.29 is 19.1 Å². The Hall–Kier alpha value is -2.58. The standard InChI is InChI=1S/C15H12ClN3O4S/c16-12-6-5-11(24-12)15(22)18-17-13(20)7-19-9-3-1-2-4-10(9)23-8-14(19)21/h1-6H,7-8H2,(H,17,20)(H,18,22). The topological polar surface area (TPSA) is 87.7 Å². The van der Waals surface area contributed by atoms with E-state index in [1.165, 1.54) is 4.90 Å². The number of hydrogen-bond donors (Lipinski definition) is 2. The van der Waals surface area contributed by atoms with E-state index in [2.05, 4.69) is 10.9 Å². The van der Waals surface area contributed by atoms with Crippen LogP contribution in [0.3, 0.4) is 0 Å². The highest BCUT2D eigenvalue weighted by Gasteiger charge is 2.27. The van der Waals surface area contributed by atoms with Crippen LogP contribution in [0.1, 0.15) is 9.67 Å². The summed E-state index contributed by atoms with van der Waals surface area (Å²) in [5.74, 6) is -0.813. The molecule has 0 atom stereocenters. The Balaban J connectivity index is 1.61.